The molecule has 1 atom stereocenters. The van der Waals surface area contributed by atoms with E-state index >= 15 is 0 Å². The van der Waals surface area contributed by atoms with Gasteiger partial charge in [-0.2, -0.15) is 5.10 Å². The summed E-state index contributed by atoms with van der Waals surface area (Å²) in [5, 5.41) is 7.79. The van der Waals surface area contributed by atoms with E-state index in [1.165, 1.54) is 19.2 Å². The average Bonchev–Trinajstić information content (AvgIpc) is 3.20. The third-order valence-electron chi connectivity index (χ3n) is 5.33. The van der Waals surface area contributed by atoms with Crippen LogP contribution < -0.4 is 0 Å². The Morgan fingerprint density at radius 2 is 1.97 bits per heavy atom. The molecule has 1 aliphatic rings. The molecular formula is C22H23FN4O2. The zero-order valence-electron chi connectivity index (χ0n) is 16.3. The molecule has 0 spiro atoms. The molecule has 0 radical (unpaired) electrons. The number of halogens is 1. The van der Waals surface area contributed by atoms with Gasteiger partial charge >= 0.3 is 0 Å². The zero-order chi connectivity index (χ0) is 20.2. The minimum absolute atomic E-state index is 0.000865. The first-order valence-corrected chi connectivity index (χ1v) is 9.68. The normalized spacial score (nSPS) is 16.8. The Balaban J connectivity index is 1.74. The third-order valence-corrected chi connectivity index (χ3v) is 5.33. The smallest absolute Gasteiger partial charge is 0.248 e. The highest BCUT2D eigenvalue weighted by Crippen LogP contribution is 2.39. The fourth-order valence-corrected chi connectivity index (χ4v) is 3.93. The van der Waals surface area contributed by atoms with Crippen molar-refractivity contribution in [1.29, 1.82) is 0 Å². The number of nitrogens with one attached hydrogen (secondary N) is 1. The van der Waals surface area contributed by atoms with Gasteiger partial charge in [0, 0.05) is 55.3 Å². The van der Waals surface area contributed by atoms with E-state index in [0.717, 1.165) is 47.5 Å². The number of nitrogens with zero attached hydrogens (tertiary/aromatic N) is 3. The van der Waals surface area contributed by atoms with Gasteiger partial charge in [0.25, 0.3) is 0 Å². The number of ether oxygens (including phenoxy) is 1. The number of pyridine rings is 1. The molecule has 3 heterocycles. The van der Waals surface area contributed by atoms with Gasteiger partial charge in [-0.3, -0.25) is 14.9 Å². The second-order valence-corrected chi connectivity index (χ2v) is 7.22. The SMILES string of the molecule is COCC(=O)N1CCCC(c2[nH]nc(-c3ccc(F)cc3)c2-c2ccncc2)C1. The molecule has 0 bridgehead atoms. The molecule has 1 fully saturated rings. The largest absolute Gasteiger partial charge is 0.375 e. The molecule has 1 aromatic carbocycles. The van der Waals surface area contributed by atoms with Gasteiger partial charge in [-0.15, -0.1) is 0 Å². The van der Waals surface area contributed by atoms with E-state index in [4.69, 9.17) is 4.74 Å². The first-order valence-electron chi connectivity index (χ1n) is 9.68. The fraction of sp³-hybridized carbons (Fsp3) is 0.318. The summed E-state index contributed by atoms with van der Waals surface area (Å²) in [7, 11) is 1.53. The first-order chi connectivity index (χ1) is 14.2. The summed E-state index contributed by atoms with van der Waals surface area (Å²) in [5.41, 5.74) is 4.56. The molecule has 7 heteroatoms. The summed E-state index contributed by atoms with van der Waals surface area (Å²) < 4.78 is 18.4. The molecule has 0 saturated carbocycles. The van der Waals surface area contributed by atoms with Crippen LogP contribution in [0.4, 0.5) is 4.39 Å². The molecule has 1 aliphatic heterocycles. The van der Waals surface area contributed by atoms with Crippen LogP contribution >= 0.6 is 0 Å². The lowest BCUT2D eigenvalue weighted by atomic mass is 9.88. The molecule has 0 aliphatic carbocycles. The van der Waals surface area contributed by atoms with E-state index in [1.807, 2.05) is 17.0 Å². The van der Waals surface area contributed by atoms with Crippen LogP contribution in [0.1, 0.15) is 24.5 Å². The predicted molar refractivity (Wildman–Crippen MR) is 108 cm³/mol. The number of hydrogen-bond donors (Lipinski definition) is 1. The van der Waals surface area contributed by atoms with E-state index in [1.54, 1.807) is 24.5 Å². The van der Waals surface area contributed by atoms with Crippen molar-refractivity contribution in [2.45, 2.75) is 18.8 Å². The molecule has 1 amide bonds. The maximum Gasteiger partial charge on any atom is 0.248 e. The van der Waals surface area contributed by atoms with E-state index < -0.39 is 0 Å². The Kier molecular flexibility index (Phi) is 5.67. The molecule has 3 aromatic rings. The van der Waals surface area contributed by atoms with Crippen molar-refractivity contribution in [3.63, 3.8) is 0 Å². The van der Waals surface area contributed by atoms with Crippen LogP contribution in [0.3, 0.4) is 0 Å². The Bertz CT molecular complexity index is 972. The summed E-state index contributed by atoms with van der Waals surface area (Å²) >= 11 is 0. The number of aromatic nitrogens is 3. The topological polar surface area (TPSA) is 71.1 Å². The summed E-state index contributed by atoms with van der Waals surface area (Å²) in [6, 6.07) is 10.2. The molecule has 2 aromatic heterocycles. The van der Waals surface area contributed by atoms with Crippen molar-refractivity contribution in [3.8, 4) is 22.4 Å². The second kappa shape index (κ2) is 8.53. The number of benzene rings is 1. The summed E-state index contributed by atoms with van der Waals surface area (Å²) in [6.45, 7) is 1.45. The van der Waals surface area contributed by atoms with Gasteiger partial charge in [0.15, 0.2) is 0 Å². The maximum absolute atomic E-state index is 13.4. The van der Waals surface area contributed by atoms with Crippen molar-refractivity contribution in [1.82, 2.24) is 20.1 Å². The van der Waals surface area contributed by atoms with Crippen LogP contribution in [0, 0.1) is 5.82 Å². The molecule has 150 valence electrons. The number of carbonyl (C=O) groups is 1. The highest BCUT2D eigenvalue weighted by molar-refractivity contribution is 5.83. The number of hydrogen-bond acceptors (Lipinski definition) is 4. The van der Waals surface area contributed by atoms with Crippen molar-refractivity contribution in [3.05, 3.63) is 60.3 Å². The summed E-state index contributed by atoms with van der Waals surface area (Å²) in [4.78, 5) is 18.3. The number of piperidine rings is 1. The first kappa shape index (κ1) is 19.3. The maximum atomic E-state index is 13.4. The lowest BCUT2D eigenvalue weighted by molar-refractivity contribution is -0.136. The van der Waals surface area contributed by atoms with Gasteiger partial charge in [-0.05, 0) is 54.8 Å². The Labute approximate surface area is 168 Å². The summed E-state index contributed by atoms with van der Waals surface area (Å²) in [5.74, 6) is -0.148. The second-order valence-electron chi connectivity index (χ2n) is 7.22. The van der Waals surface area contributed by atoms with Crippen LogP contribution in [-0.4, -0.2) is 52.8 Å². The van der Waals surface area contributed by atoms with Gasteiger partial charge in [0.05, 0.1) is 0 Å². The molecule has 1 N–H and O–H groups in total. The zero-order valence-corrected chi connectivity index (χ0v) is 16.3. The van der Waals surface area contributed by atoms with E-state index in [-0.39, 0.29) is 24.2 Å². The number of likely N-dealkylation sites (tertiary alicyclic amines) is 1. The van der Waals surface area contributed by atoms with Gasteiger partial charge < -0.3 is 9.64 Å². The molecular weight excluding hydrogens is 371 g/mol. The highest BCUT2D eigenvalue weighted by atomic mass is 19.1. The van der Waals surface area contributed by atoms with Gasteiger partial charge in [0.1, 0.15) is 18.1 Å². The van der Waals surface area contributed by atoms with Crippen molar-refractivity contribution in [2.24, 2.45) is 0 Å². The molecule has 1 saturated heterocycles. The number of amides is 1. The number of H-pyrrole nitrogens is 1. The van der Waals surface area contributed by atoms with Crippen molar-refractivity contribution < 1.29 is 13.9 Å². The lowest BCUT2D eigenvalue weighted by Gasteiger charge is -2.32. The summed E-state index contributed by atoms with van der Waals surface area (Å²) in [6.07, 6.45) is 5.37. The Morgan fingerprint density at radius 1 is 1.21 bits per heavy atom. The van der Waals surface area contributed by atoms with Crippen molar-refractivity contribution >= 4 is 5.91 Å². The molecule has 29 heavy (non-hydrogen) atoms. The minimum atomic E-state index is -0.283. The number of rotatable bonds is 5. The quantitative estimate of drug-likeness (QED) is 0.717. The van der Waals surface area contributed by atoms with Crippen LogP contribution in [0.25, 0.3) is 22.4 Å². The van der Waals surface area contributed by atoms with Crippen LogP contribution in [0.2, 0.25) is 0 Å². The monoisotopic (exact) mass is 394 g/mol. The lowest BCUT2D eigenvalue weighted by Crippen LogP contribution is -2.41. The van der Waals surface area contributed by atoms with E-state index in [2.05, 4.69) is 15.2 Å². The Morgan fingerprint density at radius 3 is 2.69 bits per heavy atom. The average molecular weight is 394 g/mol. The van der Waals surface area contributed by atoms with Gasteiger partial charge in [-0.1, -0.05) is 0 Å². The van der Waals surface area contributed by atoms with Crippen molar-refractivity contribution in [2.75, 3.05) is 26.8 Å². The molecule has 6 nitrogen and oxygen atoms in total. The number of methoxy groups -OCH3 is 1. The standard InChI is InChI=1S/C22H23FN4O2/c1-29-14-19(28)27-12-2-3-17(13-27)22-20(15-8-10-24-11-9-15)21(25-26-22)16-4-6-18(23)7-5-16/h4-11,17H,2-3,12-14H2,1H3,(H,25,26). The van der Waals surface area contributed by atoms with Gasteiger partial charge in [0.2, 0.25) is 5.91 Å². The van der Waals surface area contributed by atoms with E-state index in [0.29, 0.717) is 6.54 Å². The molecule has 1 unspecified atom stereocenters. The van der Waals surface area contributed by atoms with Crippen LogP contribution in [0.15, 0.2) is 48.8 Å². The Hall–Kier alpha value is -3.06. The number of carbonyl (C=O) groups excluding carboxylic acids is 1. The van der Waals surface area contributed by atoms with E-state index in [9.17, 15) is 9.18 Å². The van der Waals surface area contributed by atoms with Gasteiger partial charge in [-0.25, -0.2) is 4.39 Å². The fourth-order valence-electron chi connectivity index (χ4n) is 3.93. The van der Waals surface area contributed by atoms with Crippen LogP contribution in [-0.2, 0) is 9.53 Å². The highest BCUT2D eigenvalue weighted by Gasteiger charge is 2.29. The number of aromatic amines is 1. The third kappa shape index (κ3) is 4.05. The minimum Gasteiger partial charge on any atom is -0.375 e. The molecule has 4 rings (SSSR count). The predicted octanol–water partition coefficient (Wildman–Crippen LogP) is 3.63. The van der Waals surface area contributed by atoms with Crippen LogP contribution in [0.5, 0.6) is 0 Å².